The number of piperidine rings is 1. The van der Waals surface area contributed by atoms with Gasteiger partial charge in [0.2, 0.25) is 0 Å². The first kappa shape index (κ1) is 16.8. The maximum absolute atomic E-state index is 13.0. The summed E-state index contributed by atoms with van der Waals surface area (Å²) in [6.45, 7) is 7.13. The fraction of sp³-hybridized carbons (Fsp3) is 0.526. The molecule has 0 saturated carbocycles. The van der Waals surface area contributed by atoms with Crippen LogP contribution in [0.15, 0.2) is 24.3 Å². The third-order valence-electron chi connectivity index (χ3n) is 4.94. The molecule has 128 valence electrons. The van der Waals surface area contributed by atoms with Gasteiger partial charge in [-0.3, -0.25) is 9.69 Å². The summed E-state index contributed by atoms with van der Waals surface area (Å²) in [5.74, 6) is 5.11. The average molecular weight is 329 g/mol. The number of anilines is 1. The molecular formula is C19H24FN3O. The predicted molar refractivity (Wildman–Crippen MR) is 93.2 cm³/mol. The van der Waals surface area contributed by atoms with Crippen molar-refractivity contribution < 1.29 is 9.18 Å². The summed E-state index contributed by atoms with van der Waals surface area (Å²) in [5, 5.41) is 0. The van der Waals surface area contributed by atoms with Gasteiger partial charge in [-0.1, -0.05) is 5.92 Å². The van der Waals surface area contributed by atoms with Crippen molar-refractivity contribution in [2.24, 2.45) is 0 Å². The van der Waals surface area contributed by atoms with Crippen molar-refractivity contribution >= 4 is 11.6 Å². The third kappa shape index (κ3) is 3.88. The minimum absolute atomic E-state index is 0.0489. The lowest BCUT2D eigenvalue weighted by Gasteiger charge is -2.43. The molecule has 5 heteroatoms. The molecule has 2 saturated heterocycles. The Morgan fingerprint density at radius 1 is 1.12 bits per heavy atom. The molecule has 0 aromatic heterocycles. The fourth-order valence-corrected chi connectivity index (χ4v) is 3.62. The molecule has 1 aromatic rings. The van der Waals surface area contributed by atoms with Crippen molar-refractivity contribution in [3.05, 3.63) is 30.1 Å². The second-order valence-electron chi connectivity index (χ2n) is 6.42. The Bertz CT molecular complexity index is 626. The van der Waals surface area contributed by atoms with Crippen LogP contribution in [0.25, 0.3) is 0 Å². The minimum atomic E-state index is -0.195. The van der Waals surface area contributed by atoms with Crippen LogP contribution in [-0.2, 0) is 4.79 Å². The molecule has 0 aliphatic carbocycles. The van der Waals surface area contributed by atoms with E-state index in [9.17, 15) is 9.18 Å². The standard InChI is InChI=1S/C19H24FN3O/c1-2-4-19(24)23-10-3-5-18(15-23)22-13-11-21(12-14-22)17-8-6-16(20)7-9-17/h6-9,18H,3,5,10-15H2,1H3. The Hall–Kier alpha value is -2.06. The molecule has 2 fully saturated rings. The zero-order valence-electron chi connectivity index (χ0n) is 14.2. The zero-order valence-corrected chi connectivity index (χ0v) is 14.2. The lowest BCUT2D eigenvalue weighted by Crippen LogP contribution is -2.55. The van der Waals surface area contributed by atoms with Gasteiger partial charge in [0.05, 0.1) is 0 Å². The van der Waals surface area contributed by atoms with Crippen molar-refractivity contribution in [1.29, 1.82) is 0 Å². The number of piperazine rings is 1. The maximum Gasteiger partial charge on any atom is 0.298 e. The molecule has 0 spiro atoms. The van der Waals surface area contributed by atoms with Gasteiger partial charge in [0, 0.05) is 51.0 Å². The van der Waals surface area contributed by atoms with Crippen molar-refractivity contribution in [2.45, 2.75) is 25.8 Å². The van der Waals surface area contributed by atoms with Crippen LogP contribution in [0.4, 0.5) is 10.1 Å². The van der Waals surface area contributed by atoms with Crippen molar-refractivity contribution in [2.75, 3.05) is 44.2 Å². The summed E-state index contributed by atoms with van der Waals surface area (Å²) >= 11 is 0. The summed E-state index contributed by atoms with van der Waals surface area (Å²) in [6.07, 6.45) is 2.18. The van der Waals surface area contributed by atoms with Crippen molar-refractivity contribution in [1.82, 2.24) is 9.80 Å². The number of benzene rings is 1. The highest BCUT2D eigenvalue weighted by atomic mass is 19.1. The largest absolute Gasteiger partial charge is 0.369 e. The van der Waals surface area contributed by atoms with Gasteiger partial charge >= 0.3 is 0 Å². The van der Waals surface area contributed by atoms with Gasteiger partial charge in [-0.05, 0) is 50.0 Å². The van der Waals surface area contributed by atoms with E-state index in [0.717, 1.165) is 57.8 Å². The molecular weight excluding hydrogens is 305 g/mol. The molecule has 1 atom stereocenters. The van der Waals surface area contributed by atoms with E-state index in [1.807, 2.05) is 17.0 Å². The van der Waals surface area contributed by atoms with Crippen molar-refractivity contribution in [3.63, 3.8) is 0 Å². The lowest BCUT2D eigenvalue weighted by atomic mass is 10.0. The monoisotopic (exact) mass is 329 g/mol. The van der Waals surface area contributed by atoms with Crippen LogP contribution in [0.3, 0.4) is 0 Å². The molecule has 4 nitrogen and oxygen atoms in total. The van der Waals surface area contributed by atoms with Crippen LogP contribution >= 0.6 is 0 Å². The second-order valence-corrected chi connectivity index (χ2v) is 6.42. The number of carbonyl (C=O) groups excluding carboxylic acids is 1. The Morgan fingerprint density at radius 2 is 1.83 bits per heavy atom. The number of hydrogen-bond acceptors (Lipinski definition) is 3. The van der Waals surface area contributed by atoms with Gasteiger partial charge in [-0.2, -0.15) is 0 Å². The average Bonchev–Trinajstić information content (AvgIpc) is 2.63. The number of halogens is 1. The van der Waals surface area contributed by atoms with Crippen LogP contribution < -0.4 is 4.90 Å². The number of likely N-dealkylation sites (tertiary alicyclic amines) is 1. The van der Waals surface area contributed by atoms with E-state index in [1.165, 1.54) is 12.1 Å². The molecule has 1 aromatic carbocycles. The SMILES string of the molecule is CC#CC(=O)N1CCCC(N2CCN(c3ccc(F)cc3)CC2)C1. The van der Waals surface area contributed by atoms with E-state index in [-0.39, 0.29) is 11.7 Å². The predicted octanol–water partition coefficient (Wildman–Crippen LogP) is 1.96. The van der Waals surface area contributed by atoms with E-state index >= 15 is 0 Å². The first-order valence-corrected chi connectivity index (χ1v) is 8.63. The summed E-state index contributed by atoms with van der Waals surface area (Å²) in [5.41, 5.74) is 1.08. The zero-order chi connectivity index (χ0) is 16.9. The maximum atomic E-state index is 13.0. The third-order valence-corrected chi connectivity index (χ3v) is 4.94. The topological polar surface area (TPSA) is 26.8 Å². The molecule has 2 heterocycles. The van der Waals surface area contributed by atoms with Crippen molar-refractivity contribution in [3.8, 4) is 11.8 Å². The smallest absolute Gasteiger partial charge is 0.298 e. The quantitative estimate of drug-likeness (QED) is 0.776. The summed E-state index contributed by atoms with van der Waals surface area (Å²) in [7, 11) is 0. The Labute approximate surface area is 143 Å². The molecule has 24 heavy (non-hydrogen) atoms. The van der Waals surface area contributed by atoms with Gasteiger partial charge < -0.3 is 9.80 Å². The summed E-state index contributed by atoms with van der Waals surface area (Å²) in [4.78, 5) is 18.7. The highest BCUT2D eigenvalue weighted by molar-refractivity contribution is 5.93. The van der Waals surface area contributed by atoms with Gasteiger partial charge in [-0.25, -0.2) is 4.39 Å². The molecule has 0 bridgehead atoms. The van der Waals surface area contributed by atoms with Gasteiger partial charge in [0.15, 0.2) is 0 Å². The van der Waals surface area contributed by atoms with E-state index < -0.39 is 0 Å². The highest BCUT2D eigenvalue weighted by Crippen LogP contribution is 2.21. The summed E-state index contributed by atoms with van der Waals surface area (Å²) in [6, 6.07) is 7.14. The molecule has 2 aliphatic heterocycles. The number of amides is 1. The Balaban J connectivity index is 1.55. The van der Waals surface area contributed by atoms with Crippen LogP contribution in [0, 0.1) is 17.7 Å². The first-order valence-electron chi connectivity index (χ1n) is 8.63. The molecule has 2 aliphatic rings. The van der Waals surface area contributed by atoms with E-state index in [4.69, 9.17) is 0 Å². The van der Waals surface area contributed by atoms with E-state index in [1.54, 1.807) is 6.92 Å². The minimum Gasteiger partial charge on any atom is -0.369 e. The highest BCUT2D eigenvalue weighted by Gasteiger charge is 2.29. The molecule has 1 unspecified atom stereocenters. The number of rotatable bonds is 2. The normalized spacial score (nSPS) is 22.0. The van der Waals surface area contributed by atoms with Gasteiger partial charge in [0.25, 0.3) is 5.91 Å². The van der Waals surface area contributed by atoms with E-state index in [2.05, 4.69) is 21.6 Å². The summed E-state index contributed by atoms with van der Waals surface area (Å²) < 4.78 is 13.0. The van der Waals surface area contributed by atoms with Gasteiger partial charge in [0.1, 0.15) is 5.82 Å². The van der Waals surface area contributed by atoms with Crippen LogP contribution in [0.2, 0.25) is 0 Å². The molecule has 0 radical (unpaired) electrons. The Kier molecular flexibility index (Phi) is 5.37. The Morgan fingerprint density at radius 3 is 2.50 bits per heavy atom. The van der Waals surface area contributed by atoms with Crippen LogP contribution in [-0.4, -0.2) is 61.0 Å². The number of nitrogens with zero attached hydrogens (tertiary/aromatic N) is 3. The van der Waals surface area contributed by atoms with Gasteiger partial charge in [-0.15, -0.1) is 0 Å². The lowest BCUT2D eigenvalue weighted by molar-refractivity contribution is -0.127. The van der Waals surface area contributed by atoms with E-state index in [0.29, 0.717) is 6.04 Å². The molecule has 1 amide bonds. The van der Waals surface area contributed by atoms with Crippen LogP contribution in [0.5, 0.6) is 0 Å². The fourth-order valence-electron chi connectivity index (χ4n) is 3.62. The van der Waals surface area contributed by atoms with Crippen LogP contribution in [0.1, 0.15) is 19.8 Å². The second kappa shape index (κ2) is 7.67. The number of hydrogen-bond donors (Lipinski definition) is 0. The molecule has 0 N–H and O–H groups in total. The first-order chi connectivity index (χ1) is 11.7. The molecule has 3 rings (SSSR count). The number of carbonyl (C=O) groups is 1.